The summed E-state index contributed by atoms with van der Waals surface area (Å²) >= 11 is 0. The topological polar surface area (TPSA) is 135 Å². The van der Waals surface area contributed by atoms with Gasteiger partial charge < -0.3 is 14.9 Å². The Balaban J connectivity index is 1.92. The summed E-state index contributed by atoms with van der Waals surface area (Å²) in [6.07, 6.45) is 4.78. The number of hydrogen-bond acceptors (Lipinski definition) is 7. The smallest absolute Gasteiger partial charge is 0.244 e. The highest BCUT2D eigenvalue weighted by Gasteiger charge is 2.51. The van der Waals surface area contributed by atoms with E-state index in [9.17, 15) is 28.3 Å². The van der Waals surface area contributed by atoms with E-state index < -0.39 is 50.7 Å². The van der Waals surface area contributed by atoms with Crippen LogP contribution in [0.15, 0.2) is 41.3 Å². The zero-order valence-electron chi connectivity index (χ0n) is 19.3. The largest absolute Gasteiger partial charge is 0.486 e. The minimum Gasteiger partial charge on any atom is -0.486 e. The Hall–Kier alpha value is -3.11. The Morgan fingerprint density at radius 3 is 2.40 bits per heavy atom. The molecule has 0 radical (unpaired) electrons. The van der Waals surface area contributed by atoms with Gasteiger partial charge in [-0.15, -0.1) is 0 Å². The molecule has 35 heavy (non-hydrogen) atoms. The second-order valence-electron chi connectivity index (χ2n) is 8.81. The van der Waals surface area contributed by atoms with Crippen LogP contribution in [0.2, 0.25) is 0 Å². The van der Waals surface area contributed by atoms with E-state index in [0.717, 1.165) is 10.4 Å². The van der Waals surface area contributed by atoms with Crippen LogP contribution in [-0.2, 0) is 10.0 Å². The summed E-state index contributed by atoms with van der Waals surface area (Å²) in [6.45, 7) is -1.69. The Kier molecular flexibility index (Phi) is 7.47. The number of benzene rings is 2. The van der Waals surface area contributed by atoms with Crippen LogP contribution >= 0.6 is 10.0 Å². The van der Waals surface area contributed by atoms with Gasteiger partial charge in [-0.1, -0.05) is 5.92 Å². The molecule has 0 bridgehead atoms. The van der Waals surface area contributed by atoms with Gasteiger partial charge in [0.1, 0.15) is 40.3 Å². The van der Waals surface area contributed by atoms with Gasteiger partial charge in [-0.3, -0.25) is 0 Å². The summed E-state index contributed by atoms with van der Waals surface area (Å²) in [4.78, 5) is -0.265. The van der Waals surface area contributed by atoms with Gasteiger partial charge in [0.2, 0.25) is 10.0 Å². The van der Waals surface area contributed by atoms with Crippen molar-refractivity contribution in [2.24, 2.45) is 0 Å². The molecule has 0 saturated carbocycles. The minimum absolute atomic E-state index is 0.0424. The van der Waals surface area contributed by atoms with Crippen molar-refractivity contribution in [2.45, 2.75) is 16.6 Å². The Morgan fingerprint density at radius 2 is 1.83 bits per heavy atom. The van der Waals surface area contributed by atoms with Gasteiger partial charge in [0.15, 0.2) is 0 Å². The molecule has 0 spiro atoms. The average Bonchev–Trinajstić information content (AvgIpc) is 3.14. The fourth-order valence-corrected chi connectivity index (χ4v) is 5.45. The number of β-amino-alcohol motifs (C(OH)–C–C–N with tert-alkyl or cyclic N) is 1. The van der Waals surface area contributed by atoms with E-state index >= 15 is 0 Å². The highest BCUT2D eigenvalue weighted by atomic mass is 32.3. The highest BCUT2D eigenvalue weighted by Crippen LogP contribution is 2.34. The lowest BCUT2D eigenvalue weighted by Gasteiger charge is -2.27. The molecular formula is C24H24FN3O5S2. The molecule has 2 aromatic rings. The predicted octanol–water partition coefficient (Wildman–Crippen LogP) is 1.75. The quantitative estimate of drug-likeness (QED) is 0.577. The van der Waals surface area contributed by atoms with E-state index in [-0.39, 0.29) is 28.3 Å². The average molecular weight is 518 g/mol. The Bertz CT molecular complexity index is 1400. The first kappa shape index (κ1) is 26.5. The minimum atomic E-state index is -4.27. The fraction of sp³-hybridized carbons (Fsp3) is 0.333. The lowest BCUT2D eigenvalue weighted by molar-refractivity contribution is -0.0641. The van der Waals surface area contributed by atoms with E-state index in [4.69, 9.17) is 10.00 Å². The van der Waals surface area contributed by atoms with Crippen LogP contribution in [-0.4, -0.2) is 73.1 Å². The van der Waals surface area contributed by atoms with E-state index in [0.29, 0.717) is 5.56 Å². The second-order valence-corrected chi connectivity index (χ2v) is 14.6. The van der Waals surface area contributed by atoms with Crippen molar-refractivity contribution in [2.75, 3.05) is 38.5 Å². The molecule has 1 aliphatic rings. The molecule has 11 heteroatoms. The highest BCUT2D eigenvalue weighted by molar-refractivity contribution is 8.36. The first-order valence-corrected chi connectivity index (χ1v) is 14.6. The third-order valence-electron chi connectivity index (χ3n) is 5.25. The van der Waals surface area contributed by atoms with Crippen molar-refractivity contribution in [1.82, 2.24) is 4.31 Å². The standard InChI is InChI=1S/C24H24FN3O5S2/c1-34(2,3)9-8-17-4-7-22(19(10-17)13-27)35(31,32)28-14-23(24(30,15-28)16-29)33-20-6-5-18(12-26)21(25)11-20/h4-7,10-11,23,29-30H,14-16H2,1-3H3/t23-,24+/m0/s1. The van der Waals surface area contributed by atoms with E-state index in [1.165, 1.54) is 30.3 Å². The predicted molar refractivity (Wildman–Crippen MR) is 130 cm³/mol. The molecule has 184 valence electrons. The zero-order valence-corrected chi connectivity index (χ0v) is 21.0. The van der Waals surface area contributed by atoms with Crippen LogP contribution in [0, 0.1) is 39.7 Å². The maximum absolute atomic E-state index is 14.0. The number of nitrogens with zero attached hydrogens (tertiary/aromatic N) is 3. The lowest BCUT2D eigenvalue weighted by Crippen LogP contribution is -2.48. The van der Waals surface area contributed by atoms with Gasteiger partial charge in [-0.25, -0.2) is 12.8 Å². The second kappa shape index (κ2) is 9.87. The first-order chi connectivity index (χ1) is 16.3. The number of hydrogen-bond donors (Lipinski definition) is 2. The van der Waals surface area contributed by atoms with Crippen molar-refractivity contribution in [3.63, 3.8) is 0 Å². The maximum atomic E-state index is 14.0. The van der Waals surface area contributed by atoms with E-state index in [1.807, 2.05) is 24.8 Å². The summed E-state index contributed by atoms with van der Waals surface area (Å²) in [6, 6.07) is 11.2. The van der Waals surface area contributed by atoms with Crippen molar-refractivity contribution >= 4 is 20.1 Å². The third kappa shape index (κ3) is 5.76. The molecule has 2 aromatic carbocycles. The Morgan fingerprint density at radius 1 is 1.14 bits per heavy atom. The van der Waals surface area contributed by atoms with Crippen molar-refractivity contribution in [3.8, 4) is 29.1 Å². The van der Waals surface area contributed by atoms with Crippen LogP contribution in [0.4, 0.5) is 4.39 Å². The number of aliphatic hydroxyl groups excluding tert-OH is 1. The van der Waals surface area contributed by atoms with Gasteiger partial charge >= 0.3 is 0 Å². The third-order valence-corrected chi connectivity index (χ3v) is 7.84. The molecule has 2 atom stereocenters. The maximum Gasteiger partial charge on any atom is 0.244 e. The zero-order chi connectivity index (χ0) is 26.0. The molecule has 1 fully saturated rings. The molecule has 1 heterocycles. The summed E-state index contributed by atoms with van der Waals surface area (Å²) in [5, 5.41) is 42.2. The molecule has 0 aromatic heterocycles. The number of aliphatic hydroxyl groups is 2. The molecule has 0 aliphatic carbocycles. The molecule has 8 nitrogen and oxygen atoms in total. The molecule has 1 saturated heterocycles. The van der Waals surface area contributed by atoms with Crippen molar-refractivity contribution < 1.29 is 27.8 Å². The summed E-state index contributed by atoms with van der Waals surface area (Å²) in [5.41, 5.74) is -1.79. The van der Waals surface area contributed by atoms with Crippen LogP contribution < -0.4 is 4.74 Å². The van der Waals surface area contributed by atoms with E-state index in [1.54, 1.807) is 6.07 Å². The SMILES string of the molecule is CS(C)(C)C#Cc1ccc(S(=O)(=O)N2C[C@H](Oc3ccc(C#N)c(F)c3)[C@](O)(CO)C2)c(C#N)c1. The van der Waals surface area contributed by atoms with Crippen molar-refractivity contribution in [1.29, 1.82) is 10.5 Å². The van der Waals surface area contributed by atoms with E-state index in [2.05, 4.69) is 11.2 Å². The number of ether oxygens (including phenoxy) is 1. The monoisotopic (exact) mass is 517 g/mol. The van der Waals surface area contributed by atoms with Gasteiger partial charge in [0.05, 0.1) is 24.3 Å². The summed E-state index contributed by atoms with van der Waals surface area (Å²) in [5.74, 6) is 2.08. The normalized spacial score (nSPS) is 20.9. The van der Waals surface area contributed by atoms with Crippen LogP contribution in [0.25, 0.3) is 0 Å². The molecule has 1 aliphatic heterocycles. The number of rotatable bonds is 5. The first-order valence-electron chi connectivity index (χ1n) is 10.3. The molecule has 0 amide bonds. The lowest BCUT2D eigenvalue weighted by atomic mass is 10.0. The number of sulfonamides is 1. The number of halogens is 1. The summed E-state index contributed by atoms with van der Waals surface area (Å²) in [7, 11) is -5.39. The molecule has 2 N–H and O–H groups in total. The molecule has 0 unspecified atom stereocenters. The van der Waals surface area contributed by atoms with Crippen molar-refractivity contribution in [3.05, 3.63) is 58.9 Å². The van der Waals surface area contributed by atoms with Gasteiger partial charge in [-0.2, -0.15) is 24.9 Å². The molecular weight excluding hydrogens is 493 g/mol. The number of nitriles is 2. The van der Waals surface area contributed by atoms with Crippen LogP contribution in [0.5, 0.6) is 5.75 Å². The van der Waals surface area contributed by atoms with Crippen LogP contribution in [0.1, 0.15) is 16.7 Å². The fourth-order valence-electron chi connectivity index (χ4n) is 3.40. The van der Waals surface area contributed by atoms with Crippen LogP contribution in [0.3, 0.4) is 0 Å². The van der Waals surface area contributed by atoms with Gasteiger partial charge in [0.25, 0.3) is 0 Å². The summed E-state index contributed by atoms with van der Waals surface area (Å²) < 4.78 is 47.3. The van der Waals surface area contributed by atoms with Gasteiger partial charge in [-0.05, 0) is 54.4 Å². The van der Waals surface area contributed by atoms with Gasteiger partial charge in [0, 0.05) is 18.2 Å². The Labute approximate surface area is 205 Å². The molecule has 3 rings (SSSR count).